The van der Waals surface area contributed by atoms with Gasteiger partial charge in [0.2, 0.25) is 11.8 Å². The number of piperidine rings is 1. The fourth-order valence-electron chi connectivity index (χ4n) is 5.33. The number of fused-ring (bicyclic) bond motifs is 2. The largest absolute Gasteiger partial charge is 0.490 e. The van der Waals surface area contributed by atoms with Gasteiger partial charge in [0.15, 0.2) is 11.5 Å². The molecule has 0 unspecified atom stereocenters. The Morgan fingerprint density at radius 1 is 1.03 bits per heavy atom. The molecule has 208 valence electrons. The first kappa shape index (κ1) is 27.0. The average Bonchev–Trinajstić information content (AvgIpc) is 3.44. The number of aryl methyl sites for hydroxylation is 1. The molecule has 39 heavy (non-hydrogen) atoms. The highest BCUT2D eigenvalue weighted by atomic mass is 16.5. The molecule has 0 atom stereocenters. The summed E-state index contributed by atoms with van der Waals surface area (Å²) in [5.74, 6) is 3.33. The van der Waals surface area contributed by atoms with Crippen LogP contribution in [0.3, 0.4) is 0 Å². The van der Waals surface area contributed by atoms with Gasteiger partial charge in [0.05, 0.1) is 13.7 Å². The molecule has 0 spiro atoms. The van der Waals surface area contributed by atoms with E-state index in [0.717, 1.165) is 69.6 Å². The summed E-state index contributed by atoms with van der Waals surface area (Å²) in [6, 6.07) is 14.0. The van der Waals surface area contributed by atoms with Crippen molar-refractivity contribution in [3.8, 4) is 23.3 Å². The number of ether oxygens (including phenoxy) is 3. The lowest BCUT2D eigenvalue weighted by molar-refractivity contribution is -0.132. The van der Waals surface area contributed by atoms with Crippen LogP contribution in [0.25, 0.3) is 0 Å². The Morgan fingerprint density at radius 2 is 1.85 bits per heavy atom. The number of likely N-dealkylation sites (tertiary alicyclic amines) is 1. The van der Waals surface area contributed by atoms with Crippen LogP contribution in [0.2, 0.25) is 0 Å². The molecular formula is C30H38N4O5. The lowest BCUT2D eigenvalue weighted by Crippen LogP contribution is -2.46. The van der Waals surface area contributed by atoms with E-state index in [-0.39, 0.29) is 5.91 Å². The van der Waals surface area contributed by atoms with Crippen LogP contribution in [0, 0.1) is 0 Å². The number of methoxy groups -OCH3 is 1. The summed E-state index contributed by atoms with van der Waals surface area (Å²) in [4.78, 5) is 22.0. The number of aromatic nitrogens is 2. The van der Waals surface area contributed by atoms with E-state index in [1.807, 2.05) is 35.2 Å². The Bertz CT molecular complexity index is 1210. The normalized spacial score (nSPS) is 17.7. The van der Waals surface area contributed by atoms with Gasteiger partial charge >= 0.3 is 0 Å². The van der Waals surface area contributed by atoms with Gasteiger partial charge < -0.3 is 23.6 Å². The molecule has 9 heteroatoms. The van der Waals surface area contributed by atoms with E-state index in [4.69, 9.17) is 18.7 Å². The van der Waals surface area contributed by atoms with Crippen molar-refractivity contribution in [2.75, 3.05) is 33.4 Å². The molecule has 1 saturated heterocycles. The van der Waals surface area contributed by atoms with Crippen LogP contribution < -0.4 is 14.2 Å². The van der Waals surface area contributed by atoms with E-state index in [1.165, 1.54) is 6.42 Å². The maximum Gasteiger partial charge on any atom is 0.254 e. The molecule has 0 saturated carbocycles. The van der Waals surface area contributed by atoms with Gasteiger partial charge in [-0.2, -0.15) is 0 Å². The molecule has 0 aliphatic carbocycles. The van der Waals surface area contributed by atoms with E-state index in [2.05, 4.69) is 21.1 Å². The first-order valence-electron chi connectivity index (χ1n) is 14.0. The van der Waals surface area contributed by atoms with Gasteiger partial charge in [0.25, 0.3) is 5.88 Å². The van der Waals surface area contributed by atoms with Crippen LogP contribution in [0.15, 0.2) is 53.2 Å². The summed E-state index contributed by atoms with van der Waals surface area (Å²) in [5.41, 5.74) is 1.06. The molecule has 5 rings (SSSR count). The number of rotatable bonds is 5. The second-order valence-corrected chi connectivity index (χ2v) is 10.2. The minimum atomic E-state index is 0.161. The monoisotopic (exact) mass is 534 g/mol. The number of hydrogen-bond acceptors (Lipinski definition) is 8. The van der Waals surface area contributed by atoms with Crippen LogP contribution in [-0.4, -0.2) is 65.2 Å². The summed E-state index contributed by atoms with van der Waals surface area (Å²) < 4.78 is 22.6. The molecule has 2 aliphatic rings. The molecule has 3 aromatic rings. The number of para-hydroxylation sites is 2. The summed E-state index contributed by atoms with van der Waals surface area (Å²) in [7, 11) is 1.55. The van der Waals surface area contributed by atoms with E-state index in [0.29, 0.717) is 48.8 Å². The van der Waals surface area contributed by atoms with E-state index in [1.54, 1.807) is 19.4 Å². The van der Waals surface area contributed by atoms with Gasteiger partial charge in [-0.3, -0.25) is 9.69 Å². The quantitative estimate of drug-likeness (QED) is 0.439. The number of benzene rings is 1. The van der Waals surface area contributed by atoms with E-state index in [9.17, 15) is 4.79 Å². The maximum atomic E-state index is 12.9. The smallest absolute Gasteiger partial charge is 0.254 e. The summed E-state index contributed by atoms with van der Waals surface area (Å²) in [6.07, 6.45) is 9.07. The number of pyridine rings is 1. The molecule has 1 amide bonds. The van der Waals surface area contributed by atoms with Gasteiger partial charge in [-0.15, -0.1) is 0 Å². The number of nitrogens with zero attached hydrogens (tertiary/aromatic N) is 4. The van der Waals surface area contributed by atoms with Gasteiger partial charge in [-0.05, 0) is 55.6 Å². The van der Waals surface area contributed by atoms with Crippen molar-refractivity contribution in [2.24, 2.45) is 0 Å². The van der Waals surface area contributed by atoms with Crippen LogP contribution >= 0.6 is 0 Å². The van der Waals surface area contributed by atoms with Crippen molar-refractivity contribution >= 4 is 5.91 Å². The molecule has 1 aromatic carbocycles. The van der Waals surface area contributed by atoms with Gasteiger partial charge in [-0.1, -0.05) is 31.0 Å². The first-order valence-corrected chi connectivity index (χ1v) is 14.0. The predicted molar refractivity (Wildman–Crippen MR) is 146 cm³/mol. The minimum absolute atomic E-state index is 0.161. The Labute approximate surface area is 230 Å². The lowest BCUT2D eigenvalue weighted by Gasteiger charge is -2.39. The van der Waals surface area contributed by atoms with Crippen molar-refractivity contribution in [3.05, 3.63) is 60.0 Å². The zero-order valence-electron chi connectivity index (χ0n) is 22.7. The Hall–Kier alpha value is -3.59. The molecule has 9 nitrogen and oxygen atoms in total. The number of hydrogen-bond donors (Lipinski definition) is 0. The third kappa shape index (κ3) is 7.29. The number of carbonyl (C=O) groups is 1. The molecule has 0 radical (unpaired) electrons. The molecule has 0 N–H and O–H groups in total. The summed E-state index contributed by atoms with van der Waals surface area (Å²) in [6.45, 7) is 3.98. The molecule has 1 fully saturated rings. The fourth-order valence-corrected chi connectivity index (χ4v) is 5.33. The van der Waals surface area contributed by atoms with Crippen LogP contribution in [0.5, 0.6) is 23.3 Å². The minimum Gasteiger partial charge on any atom is -0.490 e. The number of carbonyl (C=O) groups excluding carboxylic acids is 1. The number of amides is 1. The van der Waals surface area contributed by atoms with Crippen molar-refractivity contribution in [1.82, 2.24) is 19.9 Å². The van der Waals surface area contributed by atoms with Crippen molar-refractivity contribution in [2.45, 2.75) is 64.0 Å². The Balaban J connectivity index is 1.23. The summed E-state index contributed by atoms with van der Waals surface area (Å²) >= 11 is 0. The highest BCUT2D eigenvalue weighted by Gasteiger charge is 2.28. The van der Waals surface area contributed by atoms with Gasteiger partial charge in [0.1, 0.15) is 5.76 Å². The highest BCUT2D eigenvalue weighted by Crippen LogP contribution is 2.33. The van der Waals surface area contributed by atoms with E-state index >= 15 is 0 Å². The topological polar surface area (TPSA) is 90.2 Å². The van der Waals surface area contributed by atoms with Crippen LogP contribution in [0.1, 0.15) is 56.3 Å². The Kier molecular flexibility index (Phi) is 9.32. The molecular weight excluding hydrogens is 496 g/mol. The van der Waals surface area contributed by atoms with Crippen molar-refractivity contribution < 1.29 is 23.5 Å². The fraction of sp³-hybridized carbons (Fsp3) is 0.500. The highest BCUT2D eigenvalue weighted by molar-refractivity contribution is 5.76. The molecule has 0 bridgehead atoms. The van der Waals surface area contributed by atoms with Crippen molar-refractivity contribution in [1.29, 1.82) is 0 Å². The first-order chi connectivity index (χ1) is 19.2. The van der Waals surface area contributed by atoms with Crippen molar-refractivity contribution in [3.63, 3.8) is 0 Å². The SMILES string of the molecule is COc1cc(CCC(=O)N2CCC(N3CCCCCCOc4ccccc4Oc4ncccc4C3)CC2)on1. The van der Waals surface area contributed by atoms with E-state index < -0.39 is 0 Å². The molecule has 2 aliphatic heterocycles. The maximum absolute atomic E-state index is 12.9. The summed E-state index contributed by atoms with van der Waals surface area (Å²) in [5, 5.41) is 3.81. The zero-order chi connectivity index (χ0) is 26.9. The molecule has 4 heterocycles. The average molecular weight is 535 g/mol. The molecule has 2 aromatic heterocycles. The predicted octanol–water partition coefficient (Wildman–Crippen LogP) is 5.25. The standard InChI is InChI=1S/C30H38N4O5/c1-36-28-21-25(39-32-28)12-13-29(35)33-18-14-24(15-19-33)34-17-6-2-3-7-20-37-26-10-4-5-11-27(26)38-30-23(22-34)9-8-16-31-30/h4-5,8-11,16,21,24H,2-3,6-7,12-15,17-20,22H2,1H3. The third-order valence-electron chi connectivity index (χ3n) is 7.54. The van der Waals surface area contributed by atoms with Crippen LogP contribution in [0.4, 0.5) is 0 Å². The second kappa shape index (κ2) is 13.5. The second-order valence-electron chi connectivity index (χ2n) is 10.2. The third-order valence-corrected chi connectivity index (χ3v) is 7.54. The zero-order valence-corrected chi connectivity index (χ0v) is 22.7. The van der Waals surface area contributed by atoms with Gasteiger partial charge in [0, 0.05) is 56.3 Å². The van der Waals surface area contributed by atoms with Gasteiger partial charge in [-0.25, -0.2) is 4.98 Å². The lowest BCUT2D eigenvalue weighted by atomic mass is 10.0. The van der Waals surface area contributed by atoms with Crippen LogP contribution in [-0.2, 0) is 17.8 Å². The Morgan fingerprint density at radius 3 is 2.67 bits per heavy atom.